The fourth-order valence-electron chi connectivity index (χ4n) is 2.24. The van der Waals surface area contributed by atoms with E-state index in [9.17, 15) is 4.79 Å². The van der Waals surface area contributed by atoms with Crippen LogP contribution in [0, 0.1) is 19.8 Å². The lowest BCUT2D eigenvalue weighted by Gasteiger charge is -2.04. The fourth-order valence-corrected chi connectivity index (χ4v) is 3.44. The summed E-state index contributed by atoms with van der Waals surface area (Å²) >= 11 is 7.64. The zero-order chi connectivity index (χ0) is 15.0. The molecule has 0 spiro atoms. The van der Waals surface area contributed by atoms with Crippen molar-refractivity contribution in [3.05, 3.63) is 50.2 Å². The molecule has 3 nitrogen and oxygen atoms in total. The Morgan fingerprint density at radius 2 is 2.10 bits per heavy atom. The molecule has 1 saturated carbocycles. The number of hydrogen-bond donors (Lipinski definition) is 0. The number of halogens is 1. The highest BCUT2D eigenvalue weighted by Gasteiger charge is 2.23. The van der Waals surface area contributed by atoms with Gasteiger partial charge in [-0.1, -0.05) is 23.7 Å². The van der Waals surface area contributed by atoms with E-state index < -0.39 is 0 Å². The summed E-state index contributed by atoms with van der Waals surface area (Å²) in [5.41, 5.74) is 1.67. The molecule has 1 aliphatic carbocycles. The molecule has 1 aromatic heterocycles. The maximum absolute atomic E-state index is 12.4. The molecule has 0 saturated heterocycles. The Morgan fingerprint density at radius 3 is 2.76 bits per heavy atom. The van der Waals surface area contributed by atoms with Crippen LogP contribution in [0.15, 0.2) is 29.3 Å². The molecule has 3 rings (SSSR count). The fraction of sp³-hybridized carbons (Fsp3) is 0.375. The van der Waals surface area contributed by atoms with Crippen LogP contribution < -0.4 is 4.80 Å². The smallest absolute Gasteiger partial charge is 0.281 e. The maximum Gasteiger partial charge on any atom is 0.281 e. The van der Waals surface area contributed by atoms with E-state index in [0.29, 0.717) is 10.6 Å². The number of amides is 1. The van der Waals surface area contributed by atoms with Gasteiger partial charge < -0.3 is 4.57 Å². The van der Waals surface area contributed by atoms with Crippen molar-refractivity contribution < 1.29 is 4.79 Å². The Morgan fingerprint density at radius 1 is 1.38 bits per heavy atom. The lowest BCUT2D eigenvalue weighted by atomic mass is 10.2. The minimum Gasteiger partial charge on any atom is -0.320 e. The predicted octanol–water partition coefficient (Wildman–Crippen LogP) is 3.97. The van der Waals surface area contributed by atoms with Crippen molar-refractivity contribution in [2.45, 2.75) is 33.2 Å². The molecule has 1 aromatic carbocycles. The number of benzene rings is 1. The van der Waals surface area contributed by atoms with E-state index >= 15 is 0 Å². The standard InChI is InChI=1S/C16H17ClN2OS/c1-10-11(2)21-16(19(10)9-12-7-8-12)18-15(20)13-5-3-4-6-14(13)17/h3-6,12H,7-9H2,1-2H3. The van der Waals surface area contributed by atoms with Crippen LogP contribution in [0.25, 0.3) is 0 Å². The van der Waals surface area contributed by atoms with Crippen LogP contribution in [-0.4, -0.2) is 10.5 Å². The van der Waals surface area contributed by atoms with Gasteiger partial charge in [-0.2, -0.15) is 4.99 Å². The van der Waals surface area contributed by atoms with Crippen LogP contribution >= 0.6 is 22.9 Å². The molecule has 0 unspecified atom stereocenters. The number of nitrogens with zero attached hydrogens (tertiary/aromatic N) is 2. The van der Waals surface area contributed by atoms with Crippen LogP contribution in [0.4, 0.5) is 0 Å². The van der Waals surface area contributed by atoms with E-state index in [4.69, 9.17) is 11.6 Å². The molecule has 0 atom stereocenters. The van der Waals surface area contributed by atoms with Gasteiger partial charge in [0.25, 0.3) is 5.91 Å². The topological polar surface area (TPSA) is 34.4 Å². The summed E-state index contributed by atoms with van der Waals surface area (Å²) in [6.45, 7) is 5.13. The van der Waals surface area contributed by atoms with Gasteiger partial charge in [-0.05, 0) is 44.7 Å². The SMILES string of the molecule is Cc1sc(=NC(=O)c2ccccc2Cl)n(CC2CC2)c1C. The van der Waals surface area contributed by atoms with Crippen molar-refractivity contribution in [2.75, 3.05) is 0 Å². The Bertz CT molecular complexity index is 756. The number of carbonyl (C=O) groups excluding carboxylic acids is 1. The Labute approximate surface area is 132 Å². The van der Waals surface area contributed by atoms with Crippen molar-refractivity contribution in [1.29, 1.82) is 0 Å². The average molecular weight is 321 g/mol. The molecule has 21 heavy (non-hydrogen) atoms. The zero-order valence-corrected chi connectivity index (χ0v) is 13.7. The highest BCUT2D eigenvalue weighted by molar-refractivity contribution is 7.09. The molecule has 1 amide bonds. The molecule has 0 bridgehead atoms. The highest BCUT2D eigenvalue weighted by Crippen LogP contribution is 2.31. The summed E-state index contributed by atoms with van der Waals surface area (Å²) in [5, 5.41) is 0.449. The van der Waals surface area contributed by atoms with Crippen molar-refractivity contribution >= 4 is 28.8 Å². The summed E-state index contributed by atoms with van der Waals surface area (Å²) in [4.78, 5) is 18.7. The molecule has 0 radical (unpaired) electrons. The molecule has 5 heteroatoms. The van der Waals surface area contributed by atoms with Gasteiger partial charge in [-0.25, -0.2) is 0 Å². The highest BCUT2D eigenvalue weighted by atomic mass is 35.5. The van der Waals surface area contributed by atoms with E-state index in [-0.39, 0.29) is 5.91 Å². The van der Waals surface area contributed by atoms with Crippen LogP contribution in [0.2, 0.25) is 5.02 Å². The van der Waals surface area contributed by atoms with Gasteiger partial charge in [0, 0.05) is 17.1 Å². The first-order valence-electron chi connectivity index (χ1n) is 7.06. The normalized spacial score (nSPS) is 15.5. The second-order valence-corrected chi connectivity index (χ2v) is 7.07. The van der Waals surface area contributed by atoms with Crippen LogP contribution in [0.1, 0.15) is 33.8 Å². The molecular weight excluding hydrogens is 304 g/mol. The number of thiazole rings is 1. The number of aryl methyl sites for hydroxylation is 1. The first-order valence-corrected chi connectivity index (χ1v) is 8.26. The van der Waals surface area contributed by atoms with Crippen molar-refractivity contribution in [3.8, 4) is 0 Å². The maximum atomic E-state index is 12.4. The molecule has 2 aromatic rings. The van der Waals surface area contributed by atoms with Gasteiger partial charge in [0.2, 0.25) is 0 Å². The molecule has 110 valence electrons. The van der Waals surface area contributed by atoms with Crippen molar-refractivity contribution in [2.24, 2.45) is 10.9 Å². The predicted molar refractivity (Wildman–Crippen MR) is 85.9 cm³/mol. The average Bonchev–Trinajstić information content (AvgIpc) is 3.23. The van der Waals surface area contributed by atoms with Gasteiger partial charge in [0.05, 0.1) is 10.6 Å². The van der Waals surface area contributed by atoms with E-state index in [0.717, 1.165) is 17.3 Å². The Kier molecular flexibility index (Phi) is 4.00. The third-order valence-corrected chi connectivity index (χ3v) is 5.25. The van der Waals surface area contributed by atoms with E-state index in [1.165, 1.54) is 23.4 Å². The molecule has 1 heterocycles. The van der Waals surface area contributed by atoms with Gasteiger partial charge in [0.15, 0.2) is 4.80 Å². The second-order valence-electron chi connectivity index (χ2n) is 5.48. The van der Waals surface area contributed by atoms with Gasteiger partial charge in [-0.3, -0.25) is 4.79 Å². The monoisotopic (exact) mass is 320 g/mol. The minimum atomic E-state index is -0.272. The van der Waals surface area contributed by atoms with E-state index in [1.807, 2.05) is 6.07 Å². The first kappa shape index (κ1) is 14.5. The van der Waals surface area contributed by atoms with Crippen LogP contribution in [0.3, 0.4) is 0 Å². The number of rotatable bonds is 3. The number of aromatic nitrogens is 1. The minimum absolute atomic E-state index is 0.272. The lowest BCUT2D eigenvalue weighted by molar-refractivity contribution is 0.0998. The number of hydrogen-bond acceptors (Lipinski definition) is 2. The summed E-state index contributed by atoms with van der Waals surface area (Å²) in [6.07, 6.45) is 2.55. The first-order chi connectivity index (χ1) is 10.1. The van der Waals surface area contributed by atoms with Crippen molar-refractivity contribution in [3.63, 3.8) is 0 Å². The number of carbonyl (C=O) groups is 1. The third-order valence-electron chi connectivity index (χ3n) is 3.83. The lowest BCUT2D eigenvalue weighted by Crippen LogP contribution is -2.19. The summed E-state index contributed by atoms with van der Waals surface area (Å²) in [7, 11) is 0. The molecule has 1 aliphatic rings. The summed E-state index contributed by atoms with van der Waals surface area (Å²) in [6, 6.07) is 7.05. The molecule has 0 N–H and O–H groups in total. The third kappa shape index (κ3) is 3.11. The Hall–Kier alpha value is -1.39. The molecule has 1 fully saturated rings. The van der Waals surface area contributed by atoms with Gasteiger partial charge >= 0.3 is 0 Å². The van der Waals surface area contributed by atoms with E-state index in [1.54, 1.807) is 29.5 Å². The molecule has 0 aliphatic heterocycles. The largest absolute Gasteiger partial charge is 0.320 e. The van der Waals surface area contributed by atoms with Gasteiger partial charge in [-0.15, -0.1) is 11.3 Å². The molecular formula is C16H17ClN2OS. The van der Waals surface area contributed by atoms with Crippen LogP contribution in [0.5, 0.6) is 0 Å². The summed E-state index contributed by atoms with van der Waals surface area (Å²) < 4.78 is 2.17. The van der Waals surface area contributed by atoms with Crippen LogP contribution in [-0.2, 0) is 6.54 Å². The zero-order valence-electron chi connectivity index (χ0n) is 12.1. The Balaban J connectivity index is 2.01. The quantitative estimate of drug-likeness (QED) is 0.842. The van der Waals surface area contributed by atoms with Gasteiger partial charge in [0.1, 0.15) is 0 Å². The van der Waals surface area contributed by atoms with Crippen molar-refractivity contribution in [1.82, 2.24) is 4.57 Å². The van der Waals surface area contributed by atoms with E-state index in [2.05, 4.69) is 23.4 Å². The summed E-state index contributed by atoms with van der Waals surface area (Å²) in [5.74, 6) is 0.471. The second kappa shape index (κ2) is 5.78.